The summed E-state index contributed by atoms with van der Waals surface area (Å²) in [5, 5.41) is 11.3. The Morgan fingerprint density at radius 1 is 1.31 bits per heavy atom. The highest BCUT2D eigenvalue weighted by Crippen LogP contribution is 2.35. The third kappa shape index (κ3) is 3.19. The Hall–Kier alpha value is -3.13. The first-order valence-electron chi connectivity index (χ1n) is 9.88. The number of ether oxygens (including phenoxy) is 1. The van der Waals surface area contributed by atoms with Gasteiger partial charge < -0.3 is 19.9 Å². The number of carbonyl (C=O) groups is 2. The predicted octanol–water partition coefficient (Wildman–Crippen LogP) is 2.00. The van der Waals surface area contributed by atoms with Crippen molar-refractivity contribution in [3.8, 4) is 0 Å². The molecule has 0 atom stereocenters. The van der Waals surface area contributed by atoms with Gasteiger partial charge in [-0.25, -0.2) is 4.79 Å². The lowest BCUT2D eigenvalue weighted by Crippen LogP contribution is -2.37. The second-order valence-corrected chi connectivity index (χ2v) is 7.88. The van der Waals surface area contributed by atoms with E-state index < -0.39 is 5.97 Å². The van der Waals surface area contributed by atoms with Crippen LogP contribution in [-0.4, -0.2) is 57.7 Å². The Balaban J connectivity index is 1.33. The van der Waals surface area contributed by atoms with E-state index in [9.17, 15) is 9.59 Å². The van der Waals surface area contributed by atoms with Crippen LogP contribution in [0.1, 0.15) is 45.1 Å². The van der Waals surface area contributed by atoms with Crippen molar-refractivity contribution in [2.45, 2.75) is 31.3 Å². The summed E-state index contributed by atoms with van der Waals surface area (Å²) in [6.45, 7) is 1.24. The number of esters is 1. The van der Waals surface area contributed by atoms with Crippen LogP contribution in [0, 0.1) is 0 Å². The van der Waals surface area contributed by atoms with Crippen LogP contribution < -0.4 is 5.32 Å². The molecule has 2 aromatic heterocycles. The van der Waals surface area contributed by atoms with Gasteiger partial charge in [-0.2, -0.15) is 5.10 Å². The molecule has 1 amide bonds. The van der Waals surface area contributed by atoms with Crippen molar-refractivity contribution < 1.29 is 14.3 Å². The highest BCUT2D eigenvalue weighted by molar-refractivity contribution is 5.98. The number of amides is 1. The molecule has 3 aromatic rings. The molecule has 1 saturated carbocycles. The first-order chi connectivity index (χ1) is 14.1. The molecule has 0 spiro atoms. The van der Waals surface area contributed by atoms with E-state index >= 15 is 0 Å². The van der Waals surface area contributed by atoms with E-state index in [1.54, 1.807) is 4.90 Å². The zero-order valence-corrected chi connectivity index (χ0v) is 16.2. The van der Waals surface area contributed by atoms with Crippen LogP contribution in [0.2, 0.25) is 0 Å². The molecule has 0 radical (unpaired) electrons. The zero-order valence-electron chi connectivity index (χ0n) is 16.2. The molecule has 0 saturated heterocycles. The van der Waals surface area contributed by atoms with Gasteiger partial charge in [0.15, 0.2) is 5.69 Å². The first-order valence-corrected chi connectivity index (χ1v) is 9.88. The summed E-state index contributed by atoms with van der Waals surface area (Å²) in [6.07, 6.45) is 2.63. The van der Waals surface area contributed by atoms with Crippen LogP contribution in [0.4, 0.5) is 0 Å². The molecule has 3 heterocycles. The SMILES string of the molecule is CNC1(COC(=O)c2n[nH]c3c2CN(C(=O)c2cc4ccccc4[nH]2)CC3)CC1. The van der Waals surface area contributed by atoms with Crippen molar-refractivity contribution in [2.24, 2.45) is 0 Å². The van der Waals surface area contributed by atoms with Gasteiger partial charge in [-0.05, 0) is 32.0 Å². The molecule has 0 unspecified atom stereocenters. The normalized spacial score (nSPS) is 17.2. The average Bonchev–Trinajstić information content (AvgIpc) is 3.21. The van der Waals surface area contributed by atoms with Crippen LogP contribution in [0.25, 0.3) is 10.9 Å². The maximum Gasteiger partial charge on any atom is 0.359 e. The van der Waals surface area contributed by atoms with Crippen LogP contribution in [0.3, 0.4) is 0 Å². The number of fused-ring (bicyclic) bond motifs is 2. The van der Waals surface area contributed by atoms with Crippen molar-refractivity contribution >= 4 is 22.8 Å². The predicted molar refractivity (Wildman–Crippen MR) is 107 cm³/mol. The summed E-state index contributed by atoms with van der Waals surface area (Å²) >= 11 is 0. The van der Waals surface area contributed by atoms with Gasteiger partial charge in [0.1, 0.15) is 12.3 Å². The van der Waals surface area contributed by atoms with E-state index in [2.05, 4.69) is 20.5 Å². The van der Waals surface area contributed by atoms with Crippen molar-refractivity contribution in [3.05, 3.63) is 53.0 Å². The van der Waals surface area contributed by atoms with Gasteiger partial charge in [-0.1, -0.05) is 18.2 Å². The monoisotopic (exact) mass is 393 g/mol. The van der Waals surface area contributed by atoms with Crippen LogP contribution in [-0.2, 0) is 17.7 Å². The average molecular weight is 393 g/mol. The van der Waals surface area contributed by atoms with Gasteiger partial charge in [-0.3, -0.25) is 9.89 Å². The fraction of sp³-hybridized carbons (Fsp3) is 0.381. The molecular formula is C21H23N5O3. The quantitative estimate of drug-likeness (QED) is 0.576. The second-order valence-electron chi connectivity index (χ2n) is 7.88. The van der Waals surface area contributed by atoms with Gasteiger partial charge >= 0.3 is 5.97 Å². The van der Waals surface area contributed by atoms with Crippen LogP contribution in [0.15, 0.2) is 30.3 Å². The smallest absolute Gasteiger partial charge is 0.359 e. The topological polar surface area (TPSA) is 103 Å². The van der Waals surface area contributed by atoms with Crippen molar-refractivity contribution in [1.29, 1.82) is 0 Å². The van der Waals surface area contributed by atoms with E-state index in [0.29, 0.717) is 31.8 Å². The molecule has 1 fully saturated rings. The summed E-state index contributed by atoms with van der Waals surface area (Å²) in [6, 6.07) is 9.66. The minimum Gasteiger partial charge on any atom is -0.459 e. The Morgan fingerprint density at radius 3 is 2.90 bits per heavy atom. The Bertz CT molecular complexity index is 1060. The van der Waals surface area contributed by atoms with E-state index in [1.165, 1.54) is 0 Å². The minimum absolute atomic E-state index is 0.0797. The van der Waals surface area contributed by atoms with Crippen molar-refractivity contribution in [1.82, 2.24) is 25.4 Å². The molecule has 8 nitrogen and oxygen atoms in total. The molecule has 0 bridgehead atoms. The molecule has 1 aliphatic heterocycles. The molecule has 2 aliphatic rings. The lowest BCUT2D eigenvalue weighted by atomic mass is 10.0. The number of para-hydroxylation sites is 1. The number of aromatic amines is 2. The van der Waals surface area contributed by atoms with Gasteiger partial charge in [0.25, 0.3) is 5.91 Å². The number of hydrogen-bond acceptors (Lipinski definition) is 5. The third-order valence-electron chi connectivity index (χ3n) is 6.04. The summed E-state index contributed by atoms with van der Waals surface area (Å²) in [5.74, 6) is -0.525. The van der Waals surface area contributed by atoms with Gasteiger partial charge in [-0.15, -0.1) is 0 Å². The molecule has 150 valence electrons. The largest absolute Gasteiger partial charge is 0.459 e. The molecular weight excluding hydrogens is 370 g/mol. The van der Waals surface area contributed by atoms with E-state index in [0.717, 1.165) is 35.0 Å². The number of rotatable bonds is 5. The summed E-state index contributed by atoms with van der Waals surface area (Å²) in [4.78, 5) is 30.5. The third-order valence-corrected chi connectivity index (χ3v) is 6.04. The minimum atomic E-state index is -0.441. The second kappa shape index (κ2) is 6.73. The fourth-order valence-corrected chi connectivity index (χ4v) is 3.89. The molecule has 1 aliphatic carbocycles. The van der Waals surface area contributed by atoms with Crippen LogP contribution in [0.5, 0.6) is 0 Å². The number of benzene rings is 1. The number of likely N-dealkylation sites (N-methyl/N-ethyl adjacent to an activating group) is 1. The number of H-pyrrole nitrogens is 2. The molecule has 1 aromatic carbocycles. The van der Waals surface area contributed by atoms with Crippen molar-refractivity contribution in [2.75, 3.05) is 20.2 Å². The summed E-state index contributed by atoms with van der Waals surface area (Å²) in [5.41, 5.74) is 3.32. The van der Waals surface area contributed by atoms with Gasteiger partial charge in [0.2, 0.25) is 0 Å². The summed E-state index contributed by atoms with van der Waals surface area (Å²) < 4.78 is 5.50. The van der Waals surface area contributed by atoms with Gasteiger partial charge in [0, 0.05) is 35.1 Å². The maximum atomic E-state index is 13.0. The van der Waals surface area contributed by atoms with Crippen molar-refractivity contribution in [3.63, 3.8) is 0 Å². The van der Waals surface area contributed by atoms with E-state index in [4.69, 9.17) is 4.74 Å². The number of hydrogen-bond donors (Lipinski definition) is 3. The van der Waals surface area contributed by atoms with Crippen LogP contribution >= 0.6 is 0 Å². The number of nitrogens with one attached hydrogen (secondary N) is 3. The zero-order chi connectivity index (χ0) is 20.0. The Labute approximate surface area is 167 Å². The first kappa shape index (κ1) is 17.9. The lowest BCUT2D eigenvalue weighted by Gasteiger charge is -2.26. The van der Waals surface area contributed by atoms with E-state index in [1.807, 2.05) is 37.4 Å². The molecule has 5 rings (SSSR count). The highest BCUT2D eigenvalue weighted by Gasteiger charge is 2.42. The highest BCUT2D eigenvalue weighted by atomic mass is 16.5. The number of carbonyl (C=O) groups excluding carboxylic acids is 2. The molecule has 29 heavy (non-hydrogen) atoms. The maximum absolute atomic E-state index is 13.0. The Kier molecular flexibility index (Phi) is 4.16. The molecule has 3 N–H and O–H groups in total. The summed E-state index contributed by atoms with van der Waals surface area (Å²) in [7, 11) is 1.88. The molecule has 8 heteroatoms. The lowest BCUT2D eigenvalue weighted by molar-refractivity contribution is 0.0442. The fourth-order valence-electron chi connectivity index (χ4n) is 3.89. The van der Waals surface area contributed by atoms with Gasteiger partial charge in [0.05, 0.1) is 12.1 Å². The Morgan fingerprint density at radius 2 is 2.14 bits per heavy atom. The standard InChI is InChI=1S/C21H23N5O3/c1-22-21(7-8-21)12-29-20(28)18-14-11-26(9-6-16(14)24-25-18)19(27)17-10-13-4-2-3-5-15(13)23-17/h2-5,10,22-23H,6-9,11-12H2,1H3,(H,24,25). The number of aromatic nitrogens is 3. The number of nitrogens with zero attached hydrogens (tertiary/aromatic N) is 2. The van der Waals surface area contributed by atoms with E-state index in [-0.39, 0.29) is 17.1 Å².